The van der Waals surface area contributed by atoms with Crippen LogP contribution in [0, 0.1) is 0 Å². The molecule has 0 aliphatic carbocycles. The van der Waals surface area contributed by atoms with Crippen LogP contribution in [-0.4, -0.2) is 76.0 Å². The van der Waals surface area contributed by atoms with Crippen molar-refractivity contribution in [3.8, 4) is 17.2 Å². The maximum absolute atomic E-state index is 13.8. The molecule has 33 heavy (non-hydrogen) atoms. The van der Waals surface area contributed by atoms with Crippen LogP contribution in [0.5, 0.6) is 17.2 Å². The summed E-state index contributed by atoms with van der Waals surface area (Å²) in [6.45, 7) is 6.80. The highest BCUT2D eigenvalue weighted by atomic mass is 32.1. The Morgan fingerprint density at radius 3 is 2.61 bits per heavy atom. The molecule has 1 aliphatic heterocycles. The van der Waals surface area contributed by atoms with Gasteiger partial charge in [0.25, 0.3) is 5.91 Å². The zero-order chi connectivity index (χ0) is 23.2. The van der Waals surface area contributed by atoms with Crippen molar-refractivity contribution in [3.05, 3.63) is 42.0 Å². The van der Waals surface area contributed by atoms with Crippen LogP contribution in [0.3, 0.4) is 0 Å². The first-order valence-corrected chi connectivity index (χ1v) is 11.8. The Kier molecular flexibility index (Phi) is 7.64. The van der Waals surface area contributed by atoms with Gasteiger partial charge in [0, 0.05) is 26.2 Å². The Labute approximate surface area is 197 Å². The van der Waals surface area contributed by atoms with Crippen molar-refractivity contribution >= 4 is 32.6 Å². The second kappa shape index (κ2) is 10.8. The number of morpholine rings is 1. The second-order valence-electron chi connectivity index (χ2n) is 7.48. The van der Waals surface area contributed by atoms with Gasteiger partial charge in [-0.15, -0.1) is 0 Å². The smallest absolute Gasteiger partial charge is 0.264 e. The van der Waals surface area contributed by atoms with Gasteiger partial charge in [-0.25, -0.2) is 4.98 Å². The Morgan fingerprint density at radius 1 is 1.12 bits per heavy atom. The van der Waals surface area contributed by atoms with Gasteiger partial charge >= 0.3 is 0 Å². The highest BCUT2D eigenvalue weighted by molar-refractivity contribution is 7.22. The van der Waals surface area contributed by atoms with Crippen molar-refractivity contribution in [1.82, 2.24) is 9.88 Å². The number of rotatable bonds is 9. The van der Waals surface area contributed by atoms with Crippen LogP contribution in [0.25, 0.3) is 10.2 Å². The van der Waals surface area contributed by atoms with Gasteiger partial charge in [-0.1, -0.05) is 23.5 Å². The number of nitrogens with zero attached hydrogens (tertiary/aromatic N) is 3. The lowest BCUT2D eigenvalue weighted by Crippen LogP contribution is -2.43. The quantitative estimate of drug-likeness (QED) is 0.471. The number of hydrogen-bond acceptors (Lipinski definition) is 8. The Hall–Kier alpha value is -2.88. The number of methoxy groups -OCH3 is 2. The van der Waals surface area contributed by atoms with Gasteiger partial charge in [-0.2, -0.15) is 0 Å². The maximum Gasteiger partial charge on any atom is 0.264 e. The zero-order valence-corrected chi connectivity index (χ0v) is 20.0. The van der Waals surface area contributed by atoms with Crippen molar-refractivity contribution in [3.63, 3.8) is 0 Å². The summed E-state index contributed by atoms with van der Waals surface area (Å²) < 4.78 is 23.1. The monoisotopic (exact) mass is 471 g/mol. The van der Waals surface area contributed by atoms with Crippen molar-refractivity contribution in [1.29, 1.82) is 0 Å². The van der Waals surface area contributed by atoms with E-state index < -0.39 is 0 Å². The van der Waals surface area contributed by atoms with E-state index in [9.17, 15) is 4.79 Å². The molecule has 9 heteroatoms. The molecule has 0 N–H and O–H groups in total. The van der Waals surface area contributed by atoms with E-state index >= 15 is 0 Å². The molecule has 1 amide bonds. The summed E-state index contributed by atoms with van der Waals surface area (Å²) in [5.74, 6) is 1.46. The topological polar surface area (TPSA) is 73.4 Å². The first kappa shape index (κ1) is 23.3. The molecule has 0 saturated carbocycles. The highest BCUT2D eigenvalue weighted by Gasteiger charge is 2.27. The molecule has 1 fully saturated rings. The molecule has 1 aliphatic rings. The molecule has 0 bridgehead atoms. The predicted octanol–water partition coefficient (Wildman–Crippen LogP) is 3.69. The number of benzene rings is 2. The third-order valence-corrected chi connectivity index (χ3v) is 6.57. The summed E-state index contributed by atoms with van der Waals surface area (Å²) in [5.41, 5.74) is 1.20. The lowest BCUT2D eigenvalue weighted by molar-refractivity contribution is 0.0391. The normalized spacial score (nSPS) is 14.3. The van der Waals surface area contributed by atoms with Gasteiger partial charge in [0.1, 0.15) is 11.3 Å². The number of hydrogen-bond donors (Lipinski definition) is 0. The summed E-state index contributed by atoms with van der Waals surface area (Å²) in [6.07, 6.45) is 0. The third-order valence-electron chi connectivity index (χ3n) is 5.52. The number of ether oxygens (including phenoxy) is 4. The first-order valence-electron chi connectivity index (χ1n) is 11.0. The van der Waals surface area contributed by atoms with Crippen LogP contribution >= 0.6 is 11.3 Å². The van der Waals surface area contributed by atoms with Crippen molar-refractivity contribution < 1.29 is 23.7 Å². The van der Waals surface area contributed by atoms with Crippen LogP contribution in [-0.2, 0) is 4.74 Å². The molecule has 0 spiro atoms. The molecule has 8 nitrogen and oxygen atoms in total. The Balaban J connectivity index is 1.71. The van der Waals surface area contributed by atoms with E-state index in [0.29, 0.717) is 48.6 Å². The summed E-state index contributed by atoms with van der Waals surface area (Å²) in [5, 5.41) is 0.625. The molecule has 2 heterocycles. The summed E-state index contributed by atoms with van der Waals surface area (Å²) >= 11 is 1.48. The molecule has 0 atom stereocenters. The molecule has 4 rings (SSSR count). The van der Waals surface area contributed by atoms with Crippen molar-refractivity contribution in [2.24, 2.45) is 0 Å². The number of anilines is 1. The van der Waals surface area contributed by atoms with Crippen LogP contribution < -0.4 is 19.1 Å². The van der Waals surface area contributed by atoms with E-state index in [2.05, 4.69) is 4.90 Å². The minimum absolute atomic E-state index is 0.184. The SMILES string of the molecule is CCOc1cccc2sc(N(CCN3CCOCC3)C(=O)c3cccc(OC)c3OC)nc12. The molecule has 0 radical (unpaired) electrons. The maximum atomic E-state index is 13.8. The zero-order valence-electron chi connectivity index (χ0n) is 19.2. The van der Waals surface area contributed by atoms with Crippen LogP contribution in [0.15, 0.2) is 36.4 Å². The third kappa shape index (κ3) is 5.05. The fourth-order valence-corrected chi connectivity index (χ4v) is 4.86. The Morgan fingerprint density at radius 2 is 1.88 bits per heavy atom. The van der Waals surface area contributed by atoms with Gasteiger partial charge < -0.3 is 18.9 Å². The van der Waals surface area contributed by atoms with Gasteiger partial charge in [0.15, 0.2) is 16.6 Å². The van der Waals surface area contributed by atoms with Gasteiger partial charge in [0.05, 0.1) is 44.3 Å². The molecule has 2 aromatic carbocycles. The molecular formula is C24H29N3O5S. The molecule has 1 aromatic heterocycles. The first-order chi connectivity index (χ1) is 16.2. The number of aromatic nitrogens is 1. The number of carbonyl (C=O) groups excluding carboxylic acids is 1. The lowest BCUT2D eigenvalue weighted by Gasteiger charge is -2.29. The molecule has 1 saturated heterocycles. The standard InChI is InChI=1S/C24H29N3O5S/c1-4-32-18-8-6-10-20-21(18)25-24(33-20)27(12-11-26-13-15-31-16-14-26)23(28)17-7-5-9-19(29-2)22(17)30-3/h5-10H,4,11-16H2,1-3H3. The van der Waals surface area contributed by atoms with Gasteiger partial charge in [-0.3, -0.25) is 14.6 Å². The minimum Gasteiger partial charge on any atom is -0.493 e. The van der Waals surface area contributed by atoms with Crippen LogP contribution in [0.4, 0.5) is 5.13 Å². The number of fused-ring (bicyclic) bond motifs is 1. The number of amides is 1. The highest BCUT2D eigenvalue weighted by Crippen LogP contribution is 2.37. The molecule has 0 unspecified atom stereocenters. The number of thiazole rings is 1. The summed E-state index contributed by atoms with van der Waals surface area (Å²) in [4.78, 5) is 22.7. The summed E-state index contributed by atoms with van der Waals surface area (Å²) in [7, 11) is 3.10. The van der Waals surface area contributed by atoms with E-state index in [-0.39, 0.29) is 5.91 Å². The largest absolute Gasteiger partial charge is 0.493 e. The van der Waals surface area contributed by atoms with Gasteiger partial charge in [0.2, 0.25) is 0 Å². The van der Waals surface area contributed by atoms with Crippen molar-refractivity contribution in [2.75, 3.05) is 65.1 Å². The van der Waals surface area contributed by atoms with Crippen LogP contribution in [0.1, 0.15) is 17.3 Å². The fraction of sp³-hybridized carbons (Fsp3) is 0.417. The minimum atomic E-state index is -0.184. The van der Waals surface area contributed by atoms with E-state index in [1.165, 1.54) is 11.3 Å². The summed E-state index contributed by atoms with van der Waals surface area (Å²) in [6, 6.07) is 11.2. The van der Waals surface area contributed by atoms with E-state index in [0.717, 1.165) is 35.6 Å². The van der Waals surface area contributed by atoms with E-state index in [4.69, 9.17) is 23.9 Å². The van der Waals surface area contributed by atoms with Crippen molar-refractivity contribution in [2.45, 2.75) is 6.92 Å². The van der Waals surface area contributed by atoms with E-state index in [1.54, 1.807) is 37.3 Å². The fourth-order valence-electron chi connectivity index (χ4n) is 3.85. The van der Waals surface area contributed by atoms with Crippen LogP contribution in [0.2, 0.25) is 0 Å². The van der Waals surface area contributed by atoms with Gasteiger partial charge in [-0.05, 0) is 31.2 Å². The molecule has 3 aromatic rings. The predicted molar refractivity (Wildman–Crippen MR) is 129 cm³/mol. The number of carbonyl (C=O) groups is 1. The average Bonchev–Trinajstić information content (AvgIpc) is 3.29. The van der Waals surface area contributed by atoms with E-state index in [1.807, 2.05) is 25.1 Å². The lowest BCUT2D eigenvalue weighted by atomic mass is 10.1. The second-order valence-corrected chi connectivity index (χ2v) is 8.49. The Bertz CT molecular complexity index is 1100. The molecular weight excluding hydrogens is 442 g/mol. The molecule has 176 valence electrons. The number of para-hydroxylation sites is 2. The average molecular weight is 472 g/mol.